The lowest BCUT2D eigenvalue weighted by Gasteiger charge is -2.56. The molecule has 4 bridgehead atoms. The average molecular weight is 252 g/mol. The van der Waals surface area contributed by atoms with Gasteiger partial charge in [-0.15, -0.1) is 0 Å². The second-order valence-electron chi connectivity index (χ2n) is 6.91. The maximum atomic E-state index is 10.9. The zero-order chi connectivity index (χ0) is 12.8. The third kappa shape index (κ3) is 2.42. The molecule has 0 spiro atoms. The first kappa shape index (κ1) is 12.5. The summed E-state index contributed by atoms with van der Waals surface area (Å²) in [5, 5.41) is 0. The summed E-state index contributed by atoms with van der Waals surface area (Å²) in [5.74, 6) is 2.59. The molecule has 0 heterocycles. The van der Waals surface area contributed by atoms with Crippen LogP contribution in [0.3, 0.4) is 0 Å². The largest absolute Gasteiger partial charge is 0.436 e. The van der Waals surface area contributed by atoms with E-state index in [0.29, 0.717) is 5.41 Å². The van der Waals surface area contributed by atoms with E-state index < -0.39 is 6.29 Å². The van der Waals surface area contributed by atoms with Gasteiger partial charge in [0, 0.05) is 6.92 Å². The lowest BCUT2D eigenvalue weighted by molar-refractivity contribution is -0.189. The van der Waals surface area contributed by atoms with Crippen LogP contribution in [0.25, 0.3) is 0 Å². The molecule has 0 N–H and O–H groups in total. The number of hydrogen-bond acceptors (Lipinski definition) is 3. The zero-order valence-corrected chi connectivity index (χ0v) is 11.5. The molecule has 1 atom stereocenters. The molecule has 102 valence electrons. The number of esters is 1. The van der Waals surface area contributed by atoms with Crippen molar-refractivity contribution in [2.24, 2.45) is 23.2 Å². The quantitative estimate of drug-likeness (QED) is 0.569. The first-order chi connectivity index (χ1) is 8.55. The maximum absolute atomic E-state index is 10.9. The van der Waals surface area contributed by atoms with Gasteiger partial charge in [0.05, 0.1) is 6.61 Å². The summed E-state index contributed by atoms with van der Waals surface area (Å²) in [5.41, 5.74) is 0.406. The second kappa shape index (κ2) is 4.52. The zero-order valence-electron chi connectivity index (χ0n) is 11.5. The van der Waals surface area contributed by atoms with Crippen molar-refractivity contribution in [3.8, 4) is 0 Å². The van der Waals surface area contributed by atoms with E-state index in [9.17, 15) is 4.79 Å². The second-order valence-corrected chi connectivity index (χ2v) is 6.91. The van der Waals surface area contributed by atoms with E-state index in [1.165, 1.54) is 45.4 Å². The van der Waals surface area contributed by atoms with Gasteiger partial charge < -0.3 is 9.47 Å². The minimum atomic E-state index is -0.393. The Kier molecular flexibility index (Phi) is 3.13. The minimum absolute atomic E-state index is 0.256. The van der Waals surface area contributed by atoms with Crippen molar-refractivity contribution in [1.29, 1.82) is 0 Å². The van der Waals surface area contributed by atoms with Crippen LogP contribution in [0.2, 0.25) is 0 Å². The van der Waals surface area contributed by atoms with Crippen LogP contribution in [0.1, 0.15) is 52.4 Å². The maximum Gasteiger partial charge on any atom is 0.304 e. The molecule has 4 fully saturated rings. The third-order valence-electron chi connectivity index (χ3n) is 5.12. The molecule has 0 aromatic rings. The molecule has 0 saturated heterocycles. The highest BCUT2D eigenvalue weighted by Gasteiger charge is 2.51. The van der Waals surface area contributed by atoms with Gasteiger partial charge in [-0.2, -0.15) is 0 Å². The predicted octanol–water partition coefficient (Wildman–Crippen LogP) is 3.13. The minimum Gasteiger partial charge on any atom is -0.436 e. The molecule has 0 aromatic heterocycles. The van der Waals surface area contributed by atoms with Gasteiger partial charge >= 0.3 is 5.97 Å². The summed E-state index contributed by atoms with van der Waals surface area (Å²) in [6.45, 7) is 4.04. The topological polar surface area (TPSA) is 35.5 Å². The third-order valence-corrected chi connectivity index (χ3v) is 5.12. The van der Waals surface area contributed by atoms with E-state index in [0.717, 1.165) is 24.4 Å². The van der Waals surface area contributed by atoms with E-state index >= 15 is 0 Å². The summed E-state index contributed by atoms with van der Waals surface area (Å²) in [6.07, 6.45) is 8.00. The Bertz CT molecular complexity index is 301. The first-order valence-electron chi connectivity index (χ1n) is 7.33. The van der Waals surface area contributed by atoms with Gasteiger partial charge in [0.2, 0.25) is 0 Å². The van der Waals surface area contributed by atoms with Gasteiger partial charge in [-0.3, -0.25) is 4.79 Å². The van der Waals surface area contributed by atoms with Crippen molar-refractivity contribution in [3.63, 3.8) is 0 Å². The van der Waals surface area contributed by atoms with Crippen molar-refractivity contribution >= 4 is 5.97 Å². The molecule has 0 aromatic carbocycles. The van der Waals surface area contributed by atoms with Crippen molar-refractivity contribution in [3.05, 3.63) is 0 Å². The van der Waals surface area contributed by atoms with Crippen LogP contribution in [-0.4, -0.2) is 18.9 Å². The van der Waals surface area contributed by atoms with Crippen LogP contribution >= 0.6 is 0 Å². The lowest BCUT2D eigenvalue weighted by atomic mass is 9.50. The summed E-state index contributed by atoms with van der Waals surface area (Å²) in [4.78, 5) is 10.9. The van der Waals surface area contributed by atoms with Crippen LogP contribution in [0.4, 0.5) is 0 Å². The van der Waals surface area contributed by atoms with E-state index in [1.807, 2.05) is 6.92 Å². The van der Waals surface area contributed by atoms with Crippen LogP contribution in [0, 0.1) is 23.2 Å². The van der Waals surface area contributed by atoms with E-state index in [4.69, 9.17) is 9.47 Å². The average Bonchev–Trinajstić information content (AvgIpc) is 2.23. The van der Waals surface area contributed by atoms with E-state index in [-0.39, 0.29) is 5.97 Å². The summed E-state index contributed by atoms with van der Waals surface area (Å²) >= 11 is 0. The summed E-state index contributed by atoms with van der Waals surface area (Å²) in [6, 6.07) is 0. The van der Waals surface area contributed by atoms with Crippen LogP contribution in [0.5, 0.6) is 0 Å². The van der Waals surface area contributed by atoms with Crippen molar-refractivity contribution in [1.82, 2.24) is 0 Å². The Morgan fingerprint density at radius 3 is 2.11 bits per heavy atom. The molecule has 3 nitrogen and oxygen atoms in total. The molecule has 3 heteroatoms. The van der Waals surface area contributed by atoms with E-state index in [1.54, 1.807) is 0 Å². The van der Waals surface area contributed by atoms with E-state index in [2.05, 4.69) is 0 Å². The highest BCUT2D eigenvalue weighted by molar-refractivity contribution is 5.65. The molecule has 0 radical (unpaired) electrons. The molecular formula is C15H24O3. The van der Waals surface area contributed by atoms with Gasteiger partial charge in [0.25, 0.3) is 0 Å². The molecule has 1 unspecified atom stereocenters. The molecule has 4 aliphatic rings. The monoisotopic (exact) mass is 252 g/mol. The normalized spacial score (nSPS) is 42.9. The molecule has 18 heavy (non-hydrogen) atoms. The molecule has 4 saturated carbocycles. The van der Waals surface area contributed by atoms with Gasteiger partial charge in [-0.1, -0.05) is 0 Å². The van der Waals surface area contributed by atoms with Gasteiger partial charge in [0.1, 0.15) is 0 Å². The van der Waals surface area contributed by atoms with Gasteiger partial charge in [0.15, 0.2) is 6.29 Å². The number of hydrogen-bond donors (Lipinski definition) is 0. The fourth-order valence-corrected chi connectivity index (χ4v) is 5.03. The SMILES string of the molecule is CC(=O)OC(C)OCC12CC3CC(CC(C3)C1)C2. The highest BCUT2D eigenvalue weighted by Crippen LogP contribution is 2.60. The molecule has 0 aliphatic heterocycles. The highest BCUT2D eigenvalue weighted by atomic mass is 16.7. The predicted molar refractivity (Wildman–Crippen MR) is 67.8 cm³/mol. The van der Waals surface area contributed by atoms with Crippen LogP contribution in [0.15, 0.2) is 0 Å². The number of rotatable bonds is 4. The fraction of sp³-hybridized carbons (Fsp3) is 0.933. The molecular weight excluding hydrogens is 228 g/mol. The van der Waals surface area contributed by atoms with Gasteiger partial charge in [-0.25, -0.2) is 0 Å². The Hall–Kier alpha value is -0.570. The number of carbonyl (C=O) groups excluding carboxylic acids is 1. The van der Waals surface area contributed by atoms with Crippen LogP contribution in [-0.2, 0) is 14.3 Å². The Balaban J connectivity index is 1.57. The van der Waals surface area contributed by atoms with Crippen molar-refractivity contribution in [2.75, 3.05) is 6.61 Å². The lowest BCUT2D eigenvalue weighted by Crippen LogP contribution is -2.48. The Labute approximate surface area is 109 Å². The smallest absolute Gasteiger partial charge is 0.304 e. The van der Waals surface area contributed by atoms with Gasteiger partial charge in [-0.05, 0) is 68.6 Å². The number of ether oxygens (including phenoxy) is 2. The standard InChI is InChI=1S/C15H24O3/c1-10(16)18-11(2)17-9-15-6-12-3-13(7-15)5-14(4-12)8-15/h11-14H,3-9H2,1-2H3. The molecule has 4 rings (SSSR count). The van der Waals surface area contributed by atoms with Crippen LogP contribution < -0.4 is 0 Å². The molecule has 0 amide bonds. The first-order valence-corrected chi connectivity index (χ1v) is 7.33. The fourth-order valence-electron chi connectivity index (χ4n) is 5.03. The van der Waals surface area contributed by atoms with Crippen molar-refractivity contribution < 1.29 is 14.3 Å². The Morgan fingerprint density at radius 1 is 1.17 bits per heavy atom. The summed E-state index contributed by atoms with van der Waals surface area (Å²) in [7, 11) is 0. The number of carbonyl (C=O) groups is 1. The molecule has 4 aliphatic carbocycles. The Morgan fingerprint density at radius 2 is 1.67 bits per heavy atom. The summed E-state index contributed by atoms with van der Waals surface area (Å²) < 4.78 is 10.8. The van der Waals surface area contributed by atoms with Crippen molar-refractivity contribution in [2.45, 2.75) is 58.7 Å².